The van der Waals surface area contributed by atoms with E-state index in [9.17, 15) is 0 Å². The van der Waals surface area contributed by atoms with E-state index in [0.29, 0.717) is 16.9 Å². The van der Waals surface area contributed by atoms with Crippen LogP contribution in [-0.2, 0) is 5.41 Å². The van der Waals surface area contributed by atoms with Crippen LogP contribution in [0.1, 0.15) is 82.9 Å². The van der Waals surface area contributed by atoms with Gasteiger partial charge in [-0.1, -0.05) is 57.9 Å². The lowest BCUT2D eigenvalue weighted by Gasteiger charge is -2.39. The molecule has 1 atom stereocenters. The van der Waals surface area contributed by atoms with Gasteiger partial charge in [-0.15, -0.1) is 0 Å². The fourth-order valence-corrected chi connectivity index (χ4v) is 4.54. The molecule has 1 fully saturated rings. The number of fused-ring (bicyclic) bond motifs is 1. The summed E-state index contributed by atoms with van der Waals surface area (Å²) in [7, 11) is 0. The van der Waals surface area contributed by atoms with E-state index in [0.717, 1.165) is 0 Å². The summed E-state index contributed by atoms with van der Waals surface area (Å²) in [6, 6.07) is 9.67. The molecule has 0 aliphatic heterocycles. The second kappa shape index (κ2) is 5.76. The molecule has 2 aliphatic carbocycles. The average molecular weight is 285 g/mol. The van der Waals surface area contributed by atoms with Crippen LogP contribution in [0, 0.1) is 5.41 Å². The minimum absolute atomic E-state index is 0.338. The highest BCUT2D eigenvalue weighted by Crippen LogP contribution is 2.44. The van der Waals surface area contributed by atoms with Gasteiger partial charge in [-0.05, 0) is 54.1 Å². The molecule has 0 spiro atoms. The number of hydrogen-bond acceptors (Lipinski definition) is 1. The Balaban J connectivity index is 1.75. The maximum Gasteiger partial charge on any atom is 0.0323 e. The van der Waals surface area contributed by atoms with Crippen LogP contribution < -0.4 is 5.32 Å². The van der Waals surface area contributed by atoms with Crippen LogP contribution >= 0.6 is 0 Å². The van der Waals surface area contributed by atoms with Crippen molar-refractivity contribution in [3.63, 3.8) is 0 Å². The van der Waals surface area contributed by atoms with E-state index in [2.05, 4.69) is 50.4 Å². The Labute approximate surface area is 130 Å². The number of nitrogens with one attached hydrogen (secondary N) is 1. The predicted molar refractivity (Wildman–Crippen MR) is 90.6 cm³/mol. The predicted octanol–water partition coefficient (Wildman–Crippen LogP) is 5.36. The zero-order chi connectivity index (χ0) is 14.9. The van der Waals surface area contributed by atoms with Crippen molar-refractivity contribution < 1.29 is 0 Å². The van der Waals surface area contributed by atoms with E-state index >= 15 is 0 Å². The van der Waals surface area contributed by atoms with Gasteiger partial charge in [0.05, 0.1) is 0 Å². The number of hydrogen-bond donors (Lipinski definition) is 1. The van der Waals surface area contributed by atoms with Crippen LogP contribution in [0.2, 0.25) is 0 Å². The maximum atomic E-state index is 3.95. The van der Waals surface area contributed by atoms with Crippen LogP contribution in [0.5, 0.6) is 0 Å². The highest BCUT2D eigenvalue weighted by molar-refractivity contribution is 5.38. The van der Waals surface area contributed by atoms with E-state index in [1.54, 1.807) is 11.1 Å². The van der Waals surface area contributed by atoms with Crippen molar-refractivity contribution in [1.29, 1.82) is 0 Å². The summed E-state index contributed by atoms with van der Waals surface area (Å²) in [5.41, 5.74) is 4.04. The molecule has 3 rings (SSSR count). The first kappa shape index (κ1) is 15.1. The van der Waals surface area contributed by atoms with Crippen molar-refractivity contribution in [3.05, 3.63) is 35.4 Å². The summed E-state index contributed by atoms with van der Waals surface area (Å²) in [5, 5.41) is 3.95. The first-order valence-corrected chi connectivity index (χ1v) is 8.89. The molecule has 0 bridgehead atoms. The lowest BCUT2D eigenvalue weighted by Crippen LogP contribution is -2.38. The van der Waals surface area contributed by atoms with Crippen LogP contribution in [0.15, 0.2) is 24.3 Å². The van der Waals surface area contributed by atoms with Gasteiger partial charge >= 0.3 is 0 Å². The van der Waals surface area contributed by atoms with Crippen molar-refractivity contribution in [2.45, 2.75) is 77.2 Å². The maximum absolute atomic E-state index is 3.95. The Morgan fingerprint density at radius 2 is 1.81 bits per heavy atom. The molecule has 116 valence electrons. The van der Waals surface area contributed by atoms with Crippen LogP contribution in [0.25, 0.3) is 0 Å². The quantitative estimate of drug-likeness (QED) is 0.785. The SMILES string of the molecule is CCC1(CNC2CCC(C)(C)c3ccccc32)CCCC1. The van der Waals surface area contributed by atoms with Crippen molar-refractivity contribution in [2.75, 3.05) is 6.54 Å². The number of benzene rings is 1. The fourth-order valence-electron chi connectivity index (χ4n) is 4.54. The molecule has 0 aromatic heterocycles. The molecule has 1 aromatic carbocycles. The zero-order valence-electron chi connectivity index (χ0n) is 14.0. The minimum atomic E-state index is 0.338. The number of rotatable bonds is 4. The molecule has 0 saturated heterocycles. The molecular formula is C20H31N. The third kappa shape index (κ3) is 2.90. The van der Waals surface area contributed by atoms with Crippen LogP contribution in [0.3, 0.4) is 0 Å². The minimum Gasteiger partial charge on any atom is -0.309 e. The van der Waals surface area contributed by atoms with Gasteiger partial charge in [0, 0.05) is 12.6 Å². The summed E-state index contributed by atoms with van der Waals surface area (Å²) in [4.78, 5) is 0. The molecule has 1 saturated carbocycles. The monoisotopic (exact) mass is 285 g/mol. The molecule has 1 nitrogen and oxygen atoms in total. The van der Waals surface area contributed by atoms with Crippen molar-refractivity contribution in [1.82, 2.24) is 5.32 Å². The standard InChI is InChI=1S/C20H31N/c1-4-20(12-7-8-13-20)15-21-18-11-14-19(2,3)17-10-6-5-9-16(17)18/h5-6,9-10,18,21H,4,7-8,11-15H2,1-3H3. The lowest BCUT2D eigenvalue weighted by atomic mass is 9.71. The average Bonchev–Trinajstić information content (AvgIpc) is 2.96. The first-order valence-electron chi connectivity index (χ1n) is 8.89. The summed E-state index contributed by atoms with van der Waals surface area (Å²) >= 11 is 0. The van der Waals surface area contributed by atoms with E-state index in [1.165, 1.54) is 51.5 Å². The largest absolute Gasteiger partial charge is 0.309 e. The van der Waals surface area contributed by atoms with Crippen molar-refractivity contribution in [3.8, 4) is 0 Å². The lowest BCUT2D eigenvalue weighted by molar-refractivity contribution is 0.243. The summed E-state index contributed by atoms with van der Waals surface area (Å²) in [6.45, 7) is 8.38. The van der Waals surface area contributed by atoms with E-state index in [4.69, 9.17) is 0 Å². The van der Waals surface area contributed by atoms with Crippen LogP contribution in [0.4, 0.5) is 0 Å². The summed E-state index contributed by atoms with van der Waals surface area (Å²) < 4.78 is 0. The van der Waals surface area contributed by atoms with Gasteiger partial charge in [-0.3, -0.25) is 0 Å². The van der Waals surface area contributed by atoms with E-state index in [-0.39, 0.29) is 0 Å². The third-order valence-corrected chi connectivity index (χ3v) is 6.26. The molecule has 1 heteroatoms. The van der Waals surface area contributed by atoms with Crippen molar-refractivity contribution >= 4 is 0 Å². The highest BCUT2D eigenvalue weighted by Gasteiger charge is 2.35. The Kier molecular flexibility index (Phi) is 4.14. The molecule has 1 aromatic rings. The van der Waals surface area contributed by atoms with Gasteiger partial charge in [-0.25, -0.2) is 0 Å². The molecule has 0 heterocycles. The van der Waals surface area contributed by atoms with E-state index < -0.39 is 0 Å². The molecule has 0 amide bonds. The normalized spacial score (nSPS) is 26.5. The second-order valence-electron chi connectivity index (χ2n) is 8.00. The van der Waals surface area contributed by atoms with Gasteiger partial charge < -0.3 is 5.32 Å². The Morgan fingerprint density at radius 1 is 1.10 bits per heavy atom. The van der Waals surface area contributed by atoms with Gasteiger partial charge in [0.15, 0.2) is 0 Å². The molecule has 2 aliphatic rings. The van der Waals surface area contributed by atoms with Gasteiger partial charge in [-0.2, -0.15) is 0 Å². The summed E-state index contributed by atoms with van der Waals surface area (Å²) in [6.07, 6.45) is 9.63. The topological polar surface area (TPSA) is 12.0 Å². The highest BCUT2D eigenvalue weighted by atomic mass is 14.9. The Morgan fingerprint density at radius 3 is 2.52 bits per heavy atom. The third-order valence-electron chi connectivity index (χ3n) is 6.26. The second-order valence-corrected chi connectivity index (χ2v) is 8.00. The van der Waals surface area contributed by atoms with Gasteiger partial charge in [0.1, 0.15) is 0 Å². The molecule has 0 radical (unpaired) electrons. The zero-order valence-corrected chi connectivity index (χ0v) is 14.0. The molecule has 21 heavy (non-hydrogen) atoms. The smallest absolute Gasteiger partial charge is 0.0323 e. The van der Waals surface area contributed by atoms with E-state index in [1.807, 2.05) is 0 Å². The molecule has 1 N–H and O–H groups in total. The fraction of sp³-hybridized carbons (Fsp3) is 0.700. The van der Waals surface area contributed by atoms with Crippen LogP contribution in [-0.4, -0.2) is 6.54 Å². The van der Waals surface area contributed by atoms with Crippen molar-refractivity contribution in [2.24, 2.45) is 5.41 Å². The molecule has 1 unspecified atom stereocenters. The van der Waals surface area contributed by atoms with Gasteiger partial charge in [0.25, 0.3) is 0 Å². The Bertz CT molecular complexity index is 482. The first-order chi connectivity index (χ1) is 10.1. The molecular weight excluding hydrogens is 254 g/mol. The Hall–Kier alpha value is -0.820. The summed E-state index contributed by atoms with van der Waals surface area (Å²) in [5.74, 6) is 0. The van der Waals surface area contributed by atoms with Gasteiger partial charge in [0.2, 0.25) is 0 Å².